The zero-order chi connectivity index (χ0) is 30.7. The Morgan fingerprint density at radius 3 is 2.26 bits per heavy atom. The molecule has 0 bridgehead atoms. The fourth-order valence-electron chi connectivity index (χ4n) is 6.77. The largest absolute Gasteiger partial charge is 0.431 e. The lowest BCUT2D eigenvalue weighted by atomic mass is 9.87. The number of fused-ring (bicyclic) bond motifs is 2. The number of para-hydroxylation sites is 3. The molecule has 1 unspecified atom stereocenters. The first kappa shape index (κ1) is 29.2. The number of piperidine rings is 1. The molecule has 1 saturated carbocycles. The summed E-state index contributed by atoms with van der Waals surface area (Å²) in [5, 5.41) is 0.715. The number of thiazole rings is 1. The third-order valence-electron chi connectivity index (χ3n) is 9.46. The van der Waals surface area contributed by atoms with Crippen molar-refractivity contribution < 1.29 is 13.9 Å². The van der Waals surface area contributed by atoms with Crippen molar-refractivity contribution in [3.05, 3.63) is 108 Å². The fourth-order valence-corrected chi connectivity index (χ4v) is 7.64. The normalized spacial score (nSPS) is 16.2. The second-order valence-electron chi connectivity index (χ2n) is 12.7. The maximum Gasteiger partial charge on any atom is 0.400 e. The summed E-state index contributed by atoms with van der Waals surface area (Å²) >= 11 is 1.64. The van der Waals surface area contributed by atoms with Crippen LogP contribution in [0.15, 0.2) is 95.4 Å². The first-order valence-electron chi connectivity index (χ1n) is 16.7. The van der Waals surface area contributed by atoms with Gasteiger partial charge in [-0.25, -0.2) is 4.98 Å². The Morgan fingerprint density at radius 2 is 1.50 bits per heavy atom. The highest BCUT2D eigenvalue weighted by molar-refractivity contribution is 7.20. The van der Waals surface area contributed by atoms with Crippen LogP contribution in [0, 0.1) is 5.92 Å². The lowest BCUT2D eigenvalue weighted by Crippen LogP contribution is -2.31. The number of rotatable bonds is 12. The minimum absolute atomic E-state index is 0.266. The molecule has 46 heavy (non-hydrogen) atoms. The van der Waals surface area contributed by atoms with Crippen molar-refractivity contribution in [1.29, 1.82) is 0 Å². The van der Waals surface area contributed by atoms with Gasteiger partial charge >= 0.3 is 6.08 Å². The van der Waals surface area contributed by atoms with Gasteiger partial charge in [-0.3, -0.25) is 0 Å². The Morgan fingerprint density at radius 1 is 0.761 bits per heavy atom. The summed E-state index contributed by atoms with van der Waals surface area (Å²) in [6.45, 7) is 3.63. The van der Waals surface area contributed by atoms with Gasteiger partial charge in [-0.2, -0.15) is 4.98 Å². The Hall–Kier alpha value is -4.20. The Bertz CT molecular complexity index is 1870. The van der Waals surface area contributed by atoms with E-state index < -0.39 is 0 Å². The Labute approximate surface area is 274 Å². The molecule has 1 saturated heterocycles. The fraction of sp³-hybridized carbons (Fsp3) is 0.333. The third kappa shape index (κ3) is 6.81. The first-order valence-corrected chi connectivity index (χ1v) is 17.6. The molecule has 0 spiro atoms. The van der Waals surface area contributed by atoms with E-state index in [0.717, 1.165) is 59.8 Å². The van der Waals surface area contributed by atoms with Crippen LogP contribution in [-0.4, -0.2) is 34.5 Å². The van der Waals surface area contributed by atoms with Crippen molar-refractivity contribution in [2.45, 2.75) is 57.3 Å². The summed E-state index contributed by atoms with van der Waals surface area (Å²) in [6.07, 6.45) is 10.1. The van der Waals surface area contributed by atoms with Gasteiger partial charge in [0.25, 0.3) is 5.19 Å². The molecule has 2 fully saturated rings. The number of oxazole rings is 1. The molecule has 6 nitrogen and oxygen atoms in total. The molecule has 1 aliphatic heterocycles. The molecule has 0 amide bonds. The predicted molar refractivity (Wildman–Crippen MR) is 184 cm³/mol. The highest BCUT2D eigenvalue weighted by atomic mass is 32.1. The summed E-state index contributed by atoms with van der Waals surface area (Å²) in [5.41, 5.74) is 6.63. The van der Waals surface area contributed by atoms with Gasteiger partial charge in [0.2, 0.25) is 0 Å². The molecule has 0 radical (unpaired) electrons. The van der Waals surface area contributed by atoms with E-state index in [1.54, 1.807) is 11.3 Å². The van der Waals surface area contributed by atoms with E-state index in [9.17, 15) is 0 Å². The van der Waals surface area contributed by atoms with Gasteiger partial charge in [0.05, 0.1) is 10.2 Å². The smallest absolute Gasteiger partial charge is 0.400 e. The molecular weight excluding hydrogens is 591 g/mol. The van der Waals surface area contributed by atoms with E-state index in [2.05, 4.69) is 64.5 Å². The second-order valence-corrected chi connectivity index (χ2v) is 13.7. The van der Waals surface area contributed by atoms with Crippen LogP contribution in [0.1, 0.15) is 61.1 Å². The van der Waals surface area contributed by atoms with Crippen LogP contribution in [0.4, 0.5) is 0 Å². The van der Waals surface area contributed by atoms with Gasteiger partial charge in [-0.15, -0.1) is 0 Å². The van der Waals surface area contributed by atoms with Gasteiger partial charge in [0, 0.05) is 6.54 Å². The number of benzene rings is 4. The van der Waals surface area contributed by atoms with Crippen LogP contribution >= 0.6 is 11.3 Å². The van der Waals surface area contributed by atoms with Crippen LogP contribution in [-0.2, 0) is 12.8 Å². The van der Waals surface area contributed by atoms with Crippen LogP contribution in [0.5, 0.6) is 22.8 Å². The van der Waals surface area contributed by atoms with Crippen molar-refractivity contribution in [3.63, 3.8) is 0 Å². The van der Waals surface area contributed by atoms with E-state index in [4.69, 9.17) is 18.9 Å². The van der Waals surface area contributed by atoms with E-state index in [1.165, 1.54) is 66.6 Å². The maximum atomic E-state index is 6.30. The van der Waals surface area contributed by atoms with Crippen molar-refractivity contribution in [2.75, 3.05) is 19.6 Å². The van der Waals surface area contributed by atoms with Gasteiger partial charge in [-0.1, -0.05) is 66.3 Å². The SMILES string of the molecule is c1ccc2oc(Oc3ccc(CCC(c4cccc5sc(Oc6ccc(CCN7CCCCC7)cc6)nc45)C4CC4)cc3)nc2c1. The molecular formula is C39H39N3O3S. The van der Waals surface area contributed by atoms with Gasteiger partial charge in [0.1, 0.15) is 17.0 Å². The van der Waals surface area contributed by atoms with E-state index in [-0.39, 0.29) is 6.08 Å². The number of nitrogens with zero attached hydrogens (tertiary/aromatic N) is 3. The van der Waals surface area contributed by atoms with E-state index >= 15 is 0 Å². The molecule has 3 heterocycles. The minimum atomic E-state index is 0.266. The Balaban J connectivity index is 0.912. The van der Waals surface area contributed by atoms with Crippen LogP contribution in [0.2, 0.25) is 0 Å². The van der Waals surface area contributed by atoms with Crippen molar-refractivity contribution >= 4 is 32.7 Å². The number of likely N-dealkylation sites (tertiary alicyclic amines) is 1. The van der Waals surface area contributed by atoms with Crippen LogP contribution in [0.25, 0.3) is 21.3 Å². The monoisotopic (exact) mass is 629 g/mol. The standard InChI is InChI=1S/C39H39N3O3S/c1-4-24-42(25-5-1)26-23-28-13-20-31(21-14-28)44-39-41-37-33(7-6-10-36(37)46-39)32(29-16-17-29)22-15-27-11-18-30(19-12-27)43-38-40-34-8-2-3-9-35(34)45-38/h2-3,6-14,18-21,29,32H,1,4-5,15-17,22-26H2. The quantitative estimate of drug-likeness (QED) is 0.134. The predicted octanol–water partition coefficient (Wildman–Crippen LogP) is 10.2. The molecule has 2 aliphatic rings. The first-order chi connectivity index (χ1) is 22.7. The van der Waals surface area contributed by atoms with E-state index in [1.807, 2.05) is 36.4 Å². The molecule has 8 rings (SSSR count). The molecule has 234 valence electrons. The highest BCUT2D eigenvalue weighted by Gasteiger charge is 2.33. The minimum Gasteiger partial charge on any atom is -0.431 e. The summed E-state index contributed by atoms with van der Waals surface area (Å²) in [5.74, 6) is 2.77. The lowest BCUT2D eigenvalue weighted by Gasteiger charge is -2.26. The molecule has 7 heteroatoms. The number of hydrogen-bond acceptors (Lipinski definition) is 7. The van der Waals surface area contributed by atoms with Crippen molar-refractivity contribution in [1.82, 2.24) is 14.9 Å². The second kappa shape index (κ2) is 13.3. The number of aromatic nitrogens is 2. The summed E-state index contributed by atoms with van der Waals surface area (Å²) in [6, 6.07) is 31.2. The highest BCUT2D eigenvalue weighted by Crippen LogP contribution is 2.47. The summed E-state index contributed by atoms with van der Waals surface area (Å²) in [4.78, 5) is 12.1. The Kier molecular flexibility index (Phi) is 8.43. The molecule has 1 aliphatic carbocycles. The number of aryl methyl sites for hydroxylation is 1. The van der Waals surface area contributed by atoms with Crippen molar-refractivity contribution in [3.8, 4) is 22.8 Å². The lowest BCUT2D eigenvalue weighted by molar-refractivity contribution is 0.231. The third-order valence-corrected chi connectivity index (χ3v) is 10.4. The van der Waals surface area contributed by atoms with Gasteiger partial charge < -0.3 is 18.8 Å². The van der Waals surface area contributed by atoms with Crippen molar-refractivity contribution in [2.24, 2.45) is 5.92 Å². The van der Waals surface area contributed by atoms with Crippen LogP contribution in [0.3, 0.4) is 0 Å². The zero-order valence-corrected chi connectivity index (χ0v) is 26.9. The number of ether oxygens (including phenoxy) is 2. The number of hydrogen-bond donors (Lipinski definition) is 0. The molecule has 6 aromatic rings. The van der Waals surface area contributed by atoms with Crippen LogP contribution < -0.4 is 9.47 Å². The average Bonchev–Trinajstić information content (AvgIpc) is 3.71. The zero-order valence-electron chi connectivity index (χ0n) is 26.1. The average molecular weight is 630 g/mol. The van der Waals surface area contributed by atoms with Gasteiger partial charge in [0.15, 0.2) is 5.58 Å². The molecule has 4 aromatic carbocycles. The molecule has 1 atom stereocenters. The topological polar surface area (TPSA) is 60.6 Å². The summed E-state index contributed by atoms with van der Waals surface area (Å²) in [7, 11) is 0. The maximum absolute atomic E-state index is 6.30. The molecule has 0 N–H and O–H groups in total. The molecule has 2 aromatic heterocycles. The van der Waals surface area contributed by atoms with Gasteiger partial charge in [-0.05, 0) is 129 Å². The van der Waals surface area contributed by atoms with E-state index in [0.29, 0.717) is 11.1 Å². The summed E-state index contributed by atoms with van der Waals surface area (Å²) < 4.78 is 19.1.